The summed E-state index contributed by atoms with van der Waals surface area (Å²) in [5, 5.41) is 10.7. The van der Waals surface area contributed by atoms with Gasteiger partial charge in [-0.25, -0.2) is 4.79 Å². The highest BCUT2D eigenvalue weighted by molar-refractivity contribution is 14.1. The monoisotopic (exact) mass is 377 g/mol. The first kappa shape index (κ1) is 13.3. The Morgan fingerprint density at radius 3 is 2.94 bits per heavy atom. The second kappa shape index (κ2) is 5.66. The zero-order chi connectivity index (χ0) is 13.1. The quantitative estimate of drug-likeness (QED) is 0.660. The van der Waals surface area contributed by atoms with E-state index in [0.717, 1.165) is 3.57 Å². The zero-order valence-corrected chi connectivity index (χ0v) is 12.3. The Bertz CT molecular complexity index is 585. The molecule has 0 atom stereocenters. The van der Waals surface area contributed by atoms with Crippen LogP contribution in [0, 0.1) is 3.57 Å². The highest BCUT2D eigenvalue weighted by atomic mass is 127. The summed E-state index contributed by atoms with van der Waals surface area (Å²) >= 11 is 8.29. The van der Waals surface area contributed by atoms with E-state index >= 15 is 0 Å². The summed E-state index contributed by atoms with van der Waals surface area (Å²) in [5.74, 6) is -0.518. The summed E-state index contributed by atoms with van der Waals surface area (Å²) in [7, 11) is 0. The summed E-state index contributed by atoms with van der Waals surface area (Å²) in [6.07, 6.45) is 0. The molecule has 1 aromatic heterocycles. The van der Waals surface area contributed by atoms with Crippen molar-refractivity contribution in [3.63, 3.8) is 0 Å². The Morgan fingerprint density at radius 1 is 1.50 bits per heavy atom. The van der Waals surface area contributed by atoms with Crippen LogP contribution in [-0.2, 0) is 4.74 Å². The summed E-state index contributed by atoms with van der Waals surface area (Å²) in [6, 6.07) is 5.47. The van der Waals surface area contributed by atoms with Crippen molar-refractivity contribution in [1.82, 2.24) is 15.4 Å². The Balaban J connectivity index is 2.45. The highest BCUT2D eigenvalue weighted by Gasteiger charge is 2.20. The predicted molar refractivity (Wildman–Crippen MR) is 75.5 cm³/mol. The lowest BCUT2D eigenvalue weighted by Crippen LogP contribution is -2.06. The number of H-pyrrole nitrogens is 1. The number of hydrogen-bond donors (Lipinski definition) is 1. The van der Waals surface area contributed by atoms with Gasteiger partial charge in [-0.05, 0) is 41.6 Å². The van der Waals surface area contributed by atoms with Gasteiger partial charge in [-0.1, -0.05) is 17.7 Å². The Hall–Kier alpha value is -1.15. The van der Waals surface area contributed by atoms with Crippen molar-refractivity contribution >= 4 is 40.2 Å². The van der Waals surface area contributed by atoms with Crippen LogP contribution in [0.5, 0.6) is 0 Å². The molecule has 0 fully saturated rings. The number of ether oxygens (including phenoxy) is 1. The molecule has 2 rings (SSSR count). The molecular formula is C11H9ClIN3O2. The van der Waals surface area contributed by atoms with Crippen LogP contribution in [0.15, 0.2) is 18.2 Å². The predicted octanol–water partition coefficient (Wildman–Crippen LogP) is 2.91. The van der Waals surface area contributed by atoms with Crippen LogP contribution in [0.3, 0.4) is 0 Å². The maximum Gasteiger partial charge on any atom is 0.361 e. The van der Waals surface area contributed by atoms with Gasteiger partial charge < -0.3 is 4.74 Å². The van der Waals surface area contributed by atoms with Crippen molar-refractivity contribution in [3.8, 4) is 11.3 Å². The molecule has 7 heteroatoms. The topological polar surface area (TPSA) is 67.9 Å². The summed E-state index contributed by atoms with van der Waals surface area (Å²) in [4.78, 5) is 11.7. The van der Waals surface area contributed by atoms with E-state index in [1.807, 2.05) is 6.07 Å². The van der Waals surface area contributed by atoms with E-state index in [0.29, 0.717) is 16.3 Å². The van der Waals surface area contributed by atoms with Crippen LogP contribution in [0.25, 0.3) is 11.3 Å². The molecule has 0 saturated heterocycles. The largest absolute Gasteiger partial charge is 0.461 e. The first-order valence-corrected chi connectivity index (χ1v) is 6.62. The Kier molecular flexibility index (Phi) is 4.18. The number of benzene rings is 1. The third-order valence-corrected chi connectivity index (χ3v) is 3.19. The van der Waals surface area contributed by atoms with E-state index in [-0.39, 0.29) is 12.3 Å². The molecule has 94 valence electrons. The van der Waals surface area contributed by atoms with Crippen LogP contribution in [0.1, 0.15) is 17.4 Å². The molecule has 1 N–H and O–H groups in total. The van der Waals surface area contributed by atoms with Gasteiger partial charge >= 0.3 is 5.97 Å². The maximum absolute atomic E-state index is 11.7. The lowest BCUT2D eigenvalue weighted by Gasteiger charge is -2.03. The zero-order valence-electron chi connectivity index (χ0n) is 9.41. The molecule has 0 saturated carbocycles. The second-order valence-electron chi connectivity index (χ2n) is 3.37. The van der Waals surface area contributed by atoms with Gasteiger partial charge in [0.25, 0.3) is 0 Å². The molecule has 5 nitrogen and oxygen atoms in total. The van der Waals surface area contributed by atoms with Crippen LogP contribution in [0.2, 0.25) is 5.02 Å². The molecular weight excluding hydrogens is 368 g/mol. The fraction of sp³-hybridized carbons (Fsp3) is 0.182. The third kappa shape index (κ3) is 2.64. The number of esters is 1. The first-order chi connectivity index (χ1) is 8.63. The normalized spacial score (nSPS) is 10.4. The van der Waals surface area contributed by atoms with E-state index in [9.17, 15) is 4.79 Å². The Labute approximate surface area is 122 Å². The molecule has 0 spiro atoms. The van der Waals surface area contributed by atoms with Gasteiger partial charge in [0.15, 0.2) is 5.69 Å². The van der Waals surface area contributed by atoms with Crippen LogP contribution < -0.4 is 0 Å². The standard InChI is InChI=1S/C11H9ClIN3O2/c1-2-18-11(17)10-9(14-16-15-10)7-4-3-6(13)5-8(7)12/h3-5H,2H2,1H3,(H,14,15,16). The van der Waals surface area contributed by atoms with Gasteiger partial charge in [0, 0.05) is 9.13 Å². The minimum Gasteiger partial charge on any atom is -0.461 e. The highest BCUT2D eigenvalue weighted by Crippen LogP contribution is 2.29. The van der Waals surface area contributed by atoms with Crippen LogP contribution in [-0.4, -0.2) is 28.0 Å². The number of rotatable bonds is 3. The lowest BCUT2D eigenvalue weighted by atomic mass is 10.1. The Morgan fingerprint density at radius 2 is 2.28 bits per heavy atom. The number of carbonyl (C=O) groups excluding carboxylic acids is 1. The van der Waals surface area contributed by atoms with Crippen LogP contribution in [0.4, 0.5) is 0 Å². The van der Waals surface area contributed by atoms with E-state index in [1.165, 1.54) is 0 Å². The number of aromatic nitrogens is 3. The van der Waals surface area contributed by atoms with E-state index in [2.05, 4.69) is 38.0 Å². The van der Waals surface area contributed by atoms with Crippen molar-refractivity contribution in [2.75, 3.05) is 6.61 Å². The van der Waals surface area contributed by atoms with Gasteiger partial charge in [0.05, 0.1) is 11.6 Å². The smallest absolute Gasteiger partial charge is 0.361 e. The van der Waals surface area contributed by atoms with Crippen LogP contribution >= 0.6 is 34.2 Å². The number of carbonyl (C=O) groups is 1. The lowest BCUT2D eigenvalue weighted by molar-refractivity contribution is 0.0520. The summed E-state index contributed by atoms with van der Waals surface area (Å²) in [5.41, 5.74) is 1.18. The molecule has 0 amide bonds. The van der Waals surface area contributed by atoms with Gasteiger partial charge in [0.1, 0.15) is 5.69 Å². The molecule has 0 aliphatic rings. The van der Waals surface area contributed by atoms with E-state index in [4.69, 9.17) is 16.3 Å². The summed E-state index contributed by atoms with van der Waals surface area (Å²) in [6.45, 7) is 2.01. The molecule has 0 aliphatic carbocycles. The molecule has 0 bridgehead atoms. The fourth-order valence-corrected chi connectivity index (χ4v) is 2.39. The minimum atomic E-state index is -0.518. The molecule has 18 heavy (non-hydrogen) atoms. The average Bonchev–Trinajstić information content (AvgIpc) is 2.78. The molecule has 0 radical (unpaired) electrons. The summed E-state index contributed by atoms with van der Waals surface area (Å²) < 4.78 is 5.91. The van der Waals surface area contributed by atoms with Gasteiger partial charge in [-0.15, -0.1) is 5.10 Å². The number of nitrogens with zero attached hydrogens (tertiary/aromatic N) is 2. The molecule has 0 unspecified atom stereocenters. The van der Waals surface area contributed by atoms with Gasteiger partial charge in [-0.2, -0.15) is 10.3 Å². The molecule has 1 aromatic carbocycles. The van der Waals surface area contributed by atoms with Crippen molar-refractivity contribution in [2.45, 2.75) is 6.92 Å². The van der Waals surface area contributed by atoms with E-state index < -0.39 is 5.97 Å². The number of aromatic amines is 1. The second-order valence-corrected chi connectivity index (χ2v) is 5.02. The first-order valence-electron chi connectivity index (χ1n) is 5.16. The van der Waals surface area contributed by atoms with Crippen molar-refractivity contribution in [2.24, 2.45) is 0 Å². The van der Waals surface area contributed by atoms with Crippen molar-refractivity contribution < 1.29 is 9.53 Å². The number of hydrogen-bond acceptors (Lipinski definition) is 4. The van der Waals surface area contributed by atoms with Crippen molar-refractivity contribution in [3.05, 3.63) is 32.5 Å². The molecule has 2 aromatic rings. The third-order valence-electron chi connectivity index (χ3n) is 2.20. The fourth-order valence-electron chi connectivity index (χ4n) is 1.44. The minimum absolute atomic E-state index is 0.139. The molecule has 1 heterocycles. The van der Waals surface area contributed by atoms with Gasteiger partial charge in [0.2, 0.25) is 0 Å². The van der Waals surface area contributed by atoms with Gasteiger partial charge in [-0.3, -0.25) is 0 Å². The number of halogens is 2. The van der Waals surface area contributed by atoms with E-state index in [1.54, 1.807) is 19.1 Å². The maximum atomic E-state index is 11.7. The average molecular weight is 378 g/mol. The molecule has 0 aliphatic heterocycles. The SMILES string of the molecule is CCOC(=O)c1n[nH]nc1-c1ccc(I)cc1Cl. The number of nitrogens with one attached hydrogen (secondary N) is 1. The van der Waals surface area contributed by atoms with Crippen molar-refractivity contribution in [1.29, 1.82) is 0 Å².